The molecule has 2 unspecified atom stereocenters. The van der Waals surface area contributed by atoms with Gasteiger partial charge in [-0.25, -0.2) is 4.99 Å². The second-order valence-corrected chi connectivity index (χ2v) is 7.73. The van der Waals surface area contributed by atoms with Gasteiger partial charge in [0.15, 0.2) is 12.1 Å². The van der Waals surface area contributed by atoms with E-state index in [2.05, 4.69) is 21.2 Å². The molecular formula is C28H23N3O2. The third kappa shape index (κ3) is 5.15. The highest BCUT2D eigenvalue weighted by molar-refractivity contribution is 5.78. The van der Waals surface area contributed by atoms with Crippen molar-refractivity contribution in [1.82, 2.24) is 10.1 Å². The van der Waals surface area contributed by atoms with Crippen LogP contribution in [0.1, 0.15) is 34.3 Å². The minimum Gasteiger partial charge on any atom is -0.468 e. The number of nitrogens with zero attached hydrogens (tertiary/aromatic N) is 3. The summed E-state index contributed by atoms with van der Waals surface area (Å²) < 4.78 is 11.7. The highest BCUT2D eigenvalue weighted by Crippen LogP contribution is 2.35. The van der Waals surface area contributed by atoms with E-state index >= 15 is 0 Å². The van der Waals surface area contributed by atoms with Gasteiger partial charge in [-0.15, -0.1) is 0 Å². The van der Waals surface area contributed by atoms with E-state index in [1.54, 1.807) is 6.21 Å². The average Bonchev–Trinajstić information content (AvgIpc) is 3.35. The lowest BCUT2D eigenvalue weighted by Crippen LogP contribution is -2.30. The number of rotatable bonds is 6. The second kappa shape index (κ2) is 9.92. The van der Waals surface area contributed by atoms with E-state index in [4.69, 9.17) is 9.26 Å². The van der Waals surface area contributed by atoms with Crippen molar-refractivity contribution in [1.29, 1.82) is 0 Å². The van der Waals surface area contributed by atoms with Crippen molar-refractivity contribution in [3.8, 4) is 5.75 Å². The Labute approximate surface area is 192 Å². The van der Waals surface area contributed by atoms with E-state index in [9.17, 15) is 0 Å². The van der Waals surface area contributed by atoms with Gasteiger partial charge in [0.1, 0.15) is 5.75 Å². The summed E-state index contributed by atoms with van der Waals surface area (Å²) >= 11 is 0. The van der Waals surface area contributed by atoms with Crippen molar-refractivity contribution in [3.05, 3.63) is 119 Å². The fraction of sp³-hybridized carbons (Fsp3) is 0.107. The lowest BCUT2D eigenvalue weighted by molar-refractivity contribution is 0.153. The molecule has 0 aliphatic carbocycles. The number of para-hydroxylation sites is 1. The van der Waals surface area contributed by atoms with E-state index in [0.717, 1.165) is 28.9 Å². The number of aromatic nitrogens is 2. The lowest BCUT2D eigenvalue weighted by Gasteiger charge is -2.29. The average molecular weight is 434 g/mol. The number of hydrogen-bond donors (Lipinski definition) is 0. The molecule has 5 rings (SSSR count). The zero-order valence-corrected chi connectivity index (χ0v) is 18.0. The van der Waals surface area contributed by atoms with Crippen LogP contribution in [0, 0.1) is 0 Å². The minimum atomic E-state index is -0.441. The first kappa shape index (κ1) is 20.6. The van der Waals surface area contributed by atoms with Crippen LogP contribution in [0.15, 0.2) is 101 Å². The molecule has 0 bridgehead atoms. The predicted molar refractivity (Wildman–Crippen MR) is 131 cm³/mol. The molecule has 0 radical (unpaired) electrons. The van der Waals surface area contributed by atoms with Gasteiger partial charge in [-0.1, -0.05) is 90.1 Å². The number of hydrogen-bond acceptors (Lipinski definition) is 5. The van der Waals surface area contributed by atoms with Crippen LogP contribution in [0.5, 0.6) is 5.75 Å². The summed E-state index contributed by atoms with van der Waals surface area (Å²) in [7, 11) is 0. The first-order valence-electron chi connectivity index (χ1n) is 10.9. The number of aliphatic imine (C=N–C) groups is 1. The van der Waals surface area contributed by atoms with E-state index in [-0.39, 0.29) is 5.92 Å². The van der Waals surface area contributed by atoms with Crippen molar-refractivity contribution >= 4 is 24.4 Å². The summed E-state index contributed by atoms with van der Waals surface area (Å²) in [6, 6.07) is 28.1. The molecule has 0 fully saturated rings. The van der Waals surface area contributed by atoms with Crippen LogP contribution in [0.2, 0.25) is 0 Å². The normalized spacial score (nSPS) is 18.1. The molecule has 0 saturated heterocycles. The van der Waals surface area contributed by atoms with E-state index in [0.29, 0.717) is 11.7 Å². The SMILES string of the molecule is C(/C=C/c1ccccc1)=N/C1Oc2ccccc2CC1c1noc(/C=C/c2ccccc2)n1. The van der Waals surface area contributed by atoms with Crippen LogP contribution >= 0.6 is 0 Å². The summed E-state index contributed by atoms with van der Waals surface area (Å²) in [6.07, 6.45) is 9.76. The summed E-state index contributed by atoms with van der Waals surface area (Å²) in [5.41, 5.74) is 3.29. The summed E-state index contributed by atoms with van der Waals surface area (Å²) in [6.45, 7) is 0. The molecule has 0 amide bonds. The Bertz CT molecular complexity index is 1280. The number of benzene rings is 3. The van der Waals surface area contributed by atoms with E-state index in [1.165, 1.54) is 0 Å². The molecule has 5 nitrogen and oxygen atoms in total. The fourth-order valence-corrected chi connectivity index (χ4v) is 3.74. The third-order valence-corrected chi connectivity index (χ3v) is 5.42. The van der Waals surface area contributed by atoms with Crippen LogP contribution < -0.4 is 4.74 Å². The number of allylic oxidation sites excluding steroid dienone is 1. The van der Waals surface area contributed by atoms with Gasteiger partial charge < -0.3 is 9.26 Å². The maximum absolute atomic E-state index is 6.22. The molecule has 5 heteroatoms. The molecule has 4 aromatic rings. The molecule has 3 aromatic carbocycles. The Morgan fingerprint density at radius 2 is 1.48 bits per heavy atom. The molecule has 1 aliphatic rings. The zero-order valence-electron chi connectivity index (χ0n) is 18.0. The molecule has 0 N–H and O–H groups in total. The van der Waals surface area contributed by atoms with Crippen molar-refractivity contribution in [2.45, 2.75) is 18.6 Å². The maximum Gasteiger partial charge on any atom is 0.250 e. The maximum atomic E-state index is 6.22. The summed E-state index contributed by atoms with van der Waals surface area (Å²) in [5, 5.41) is 4.24. The van der Waals surface area contributed by atoms with Crippen LogP contribution in [0.25, 0.3) is 18.2 Å². The van der Waals surface area contributed by atoms with Crippen molar-refractivity contribution in [2.24, 2.45) is 4.99 Å². The highest BCUT2D eigenvalue weighted by Gasteiger charge is 2.34. The van der Waals surface area contributed by atoms with Gasteiger partial charge >= 0.3 is 0 Å². The van der Waals surface area contributed by atoms with Crippen LogP contribution in [-0.2, 0) is 6.42 Å². The van der Waals surface area contributed by atoms with Gasteiger partial charge in [-0.2, -0.15) is 4.98 Å². The summed E-state index contributed by atoms with van der Waals surface area (Å²) in [4.78, 5) is 9.30. The molecule has 1 aliphatic heterocycles. The lowest BCUT2D eigenvalue weighted by atomic mass is 9.93. The quantitative estimate of drug-likeness (QED) is 0.346. The fourth-order valence-electron chi connectivity index (χ4n) is 3.74. The smallest absolute Gasteiger partial charge is 0.250 e. The Kier molecular flexibility index (Phi) is 6.20. The molecule has 162 valence electrons. The molecule has 2 heterocycles. The van der Waals surface area contributed by atoms with Crippen LogP contribution in [0.3, 0.4) is 0 Å². The van der Waals surface area contributed by atoms with Crippen molar-refractivity contribution in [2.75, 3.05) is 0 Å². The third-order valence-electron chi connectivity index (χ3n) is 5.42. The van der Waals surface area contributed by atoms with Crippen LogP contribution in [-0.4, -0.2) is 22.6 Å². The van der Waals surface area contributed by atoms with Crippen molar-refractivity contribution < 1.29 is 9.26 Å². The van der Waals surface area contributed by atoms with Gasteiger partial charge in [-0.3, -0.25) is 0 Å². The monoisotopic (exact) mass is 433 g/mol. The van der Waals surface area contributed by atoms with Gasteiger partial charge in [0.05, 0.1) is 5.92 Å². The van der Waals surface area contributed by atoms with Gasteiger partial charge in [0, 0.05) is 12.3 Å². The molecule has 2 atom stereocenters. The Balaban J connectivity index is 1.37. The molecule has 0 spiro atoms. The molecule has 33 heavy (non-hydrogen) atoms. The van der Waals surface area contributed by atoms with Crippen LogP contribution in [0.4, 0.5) is 0 Å². The van der Waals surface area contributed by atoms with E-state index in [1.807, 2.05) is 103 Å². The Morgan fingerprint density at radius 3 is 2.27 bits per heavy atom. The van der Waals surface area contributed by atoms with E-state index < -0.39 is 6.23 Å². The Morgan fingerprint density at radius 1 is 0.788 bits per heavy atom. The molecule has 1 aromatic heterocycles. The van der Waals surface area contributed by atoms with Crippen molar-refractivity contribution in [3.63, 3.8) is 0 Å². The zero-order chi connectivity index (χ0) is 22.3. The van der Waals surface area contributed by atoms with Gasteiger partial charge in [-0.05, 0) is 41.3 Å². The topological polar surface area (TPSA) is 60.5 Å². The van der Waals surface area contributed by atoms with Gasteiger partial charge in [0.25, 0.3) is 5.89 Å². The first-order valence-corrected chi connectivity index (χ1v) is 10.9. The first-order chi connectivity index (χ1) is 16.3. The second-order valence-electron chi connectivity index (χ2n) is 7.73. The standard InChI is InChI=1S/C28H23N3O2/c1-3-10-21(11-4-1)14-9-19-29-28-24(20-23-15-7-8-16-25(23)32-28)27-30-26(33-31-27)18-17-22-12-5-2-6-13-22/h1-19,24,28H,20H2/b14-9+,18-17+,29-19-. The largest absolute Gasteiger partial charge is 0.468 e. The molecular weight excluding hydrogens is 410 g/mol. The number of ether oxygens (including phenoxy) is 1. The number of fused-ring (bicyclic) bond motifs is 1. The minimum absolute atomic E-state index is 0.149. The Hall–Kier alpha value is -4.25. The highest BCUT2D eigenvalue weighted by atomic mass is 16.5. The predicted octanol–water partition coefficient (Wildman–Crippen LogP) is 6.07. The molecule has 0 saturated carbocycles. The summed E-state index contributed by atoms with van der Waals surface area (Å²) in [5.74, 6) is 1.74. The van der Waals surface area contributed by atoms with Gasteiger partial charge in [0.2, 0.25) is 0 Å².